The van der Waals surface area contributed by atoms with E-state index in [2.05, 4.69) is 27.7 Å². The van der Waals surface area contributed by atoms with Crippen molar-refractivity contribution in [1.29, 1.82) is 0 Å². The molecule has 0 aliphatic rings. The Hall–Kier alpha value is 0.787. The molecule has 0 bridgehead atoms. The first-order chi connectivity index (χ1) is 9.11. The standard InChI is InChI=1S/C15H19Cl3OP.Li/c1-9(7-15(2,3)4)8-20-14(19)12-10(16)5-6-11(17)13(12)18;/h5-6,9H,7-8H2,1-4H3;/q-1;+1. The van der Waals surface area contributed by atoms with Gasteiger partial charge in [0.05, 0.1) is 15.1 Å². The minimum absolute atomic E-state index is 0. The maximum absolute atomic E-state index is 12.3. The van der Waals surface area contributed by atoms with E-state index in [1.54, 1.807) is 12.1 Å². The summed E-state index contributed by atoms with van der Waals surface area (Å²) in [5.74, 6) is 0.470. The van der Waals surface area contributed by atoms with E-state index in [-0.39, 0.29) is 34.8 Å². The number of hydrogen-bond donors (Lipinski definition) is 0. The van der Waals surface area contributed by atoms with Crippen LogP contribution >= 0.6 is 43.4 Å². The van der Waals surface area contributed by atoms with Crippen LogP contribution in [0, 0.1) is 11.3 Å². The first kappa shape index (κ1) is 21.8. The van der Waals surface area contributed by atoms with E-state index in [0.717, 1.165) is 12.6 Å². The maximum atomic E-state index is 12.3. The van der Waals surface area contributed by atoms with Crippen molar-refractivity contribution in [1.82, 2.24) is 0 Å². The number of carbonyl (C=O) groups excluding carboxylic acids is 1. The van der Waals surface area contributed by atoms with Crippen LogP contribution < -0.4 is 18.9 Å². The van der Waals surface area contributed by atoms with Gasteiger partial charge in [-0.25, -0.2) is 0 Å². The van der Waals surface area contributed by atoms with Gasteiger partial charge in [-0.3, -0.25) is 0 Å². The fraction of sp³-hybridized carbons (Fsp3) is 0.533. The van der Waals surface area contributed by atoms with E-state index in [4.69, 9.17) is 34.8 Å². The van der Waals surface area contributed by atoms with E-state index in [1.165, 1.54) is 0 Å². The molecule has 0 saturated carbocycles. The minimum Gasteiger partial charge on any atom is -0.459 e. The third-order valence-corrected chi connectivity index (χ3v) is 5.20. The number of rotatable bonds is 5. The Morgan fingerprint density at radius 2 is 1.71 bits per heavy atom. The van der Waals surface area contributed by atoms with E-state index in [0.29, 0.717) is 30.1 Å². The van der Waals surface area contributed by atoms with Crippen LogP contribution in [0.4, 0.5) is 0 Å². The van der Waals surface area contributed by atoms with Gasteiger partial charge in [0, 0.05) is 11.1 Å². The number of carbonyl (C=O) groups is 1. The summed E-state index contributed by atoms with van der Waals surface area (Å²) in [5.41, 5.74) is 0.539. The monoisotopic (exact) mass is 358 g/mol. The molecule has 0 amide bonds. The van der Waals surface area contributed by atoms with Gasteiger partial charge >= 0.3 is 18.9 Å². The van der Waals surface area contributed by atoms with E-state index < -0.39 is 0 Å². The summed E-state index contributed by atoms with van der Waals surface area (Å²) in [4.78, 5) is 12.3. The van der Waals surface area contributed by atoms with E-state index >= 15 is 0 Å². The molecule has 112 valence electrons. The molecular weight excluding hydrogens is 340 g/mol. The Labute approximate surface area is 156 Å². The van der Waals surface area contributed by atoms with Crippen LogP contribution in [-0.2, 0) is 0 Å². The number of hydrogen-bond acceptors (Lipinski definition) is 1. The second kappa shape index (κ2) is 9.17. The number of benzene rings is 1. The molecule has 0 saturated heterocycles. The molecule has 1 nitrogen and oxygen atoms in total. The van der Waals surface area contributed by atoms with Crippen LogP contribution in [0.25, 0.3) is 0 Å². The molecular formula is C15H19Cl3LiOP. The summed E-state index contributed by atoms with van der Waals surface area (Å²) in [7, 11) is 0.711. The normalized spacial score (nSPS) is 13.3. The van der Waals surface area contributed by atoms with Crippen molar-refractivity contribution < 1.29 is 23.7 Å². The third-order valence-electron chi connectivity index (χ3n) is 2.77. The molecule has 1 aromatic rings. The van der Waals surface area contributed by atoms with Crippen molar-refractivity contribution in [2.75, 3.05) is 6.16 Å². The van der Waals surface area contributed by atoms with E-state index in [1.807, 2.05) is 0 Å². The molecule has 0 heterocycles. The molecule has 0 spiro atoms. The second-order valence-electron chi connectivity index (χ2n) is 6.23. The minimum atomic E-state index is -0.0664. The summed E-state index contributed by atoms with van der Waals surface area (Å²) in [6, 6.07) is 3.21. The summed E-state index contributed by atoms with van der Waals surface area (Å²) in [6.45, 7) is 8.76. The first-order valence-corrected chi connectivity index (χ1v) is 8.68. The summed E-state index contributed by atoms with van der Waals surface area (Å²) < 4.78 is 0. The van der Waals surface area contributed by atoms with Crippen LogP contribution in [0.3, 0.4) is 0 Å². The number of halogens is 3. The zero-order chi connectivity index (χ0) is 15.5. The molecule has 0 fully saturated rings. The zero-order valence-electron chi connectivity index (χ0n) is 13.1. The molecule has 1 rings (SSSR count). The smallest absolute Gasteiger partial charge is 0.459 e. The van der Waals surface area contributed by atoms with Gasteiger partial charge in [0.25, 0.3) is 0 Å². The van der Waals surface area contributed by atoms with Crippen molar-refractivity contribution in [3.63, 3.8) is 0 Å². The molecule has 1 unspecified atom stereocenters. The van der Waals surface area contributed by atoms with Gasteiger partial charge < -0.3 is 13.4 Å². The topological polar surface area (TPSA) is 17.1 Å². The second-order valence-corrected chi connectivity index (χ2v) is 8.51. The Morgan fingerprint density at radius 1 is 1.19 bits per heavy atom. The molecule has 0 aliphatic heterocycles. The van der Waals surface area contributed by atoms with Gasteiger partial charge in [-0.05, 0) is 24.0 Å². The van der Waals surface area contributed by atoms with E-state index in [9.17, 15) is 4.79 Å². The fourth-order valence-corrected chi connectivity index (χ4v) is 3.98. The molecule has 6 heteroatoms. The summed E-state index contributed by atoms with van der Waals surface area (Å²) >= 11 is 18.1. The van der Waals surface area contributed by atoms with Gasteiger partial charge in [0.15, 0.2) is 0 Å². The Kier molecular flexibility index (Phi) is 9.52. The molecule has 0 aromatic heterocycles. The molecule has 1 aromatic carbocycles. The quantitative estimate of drug-likeness (QED) is 0.444. The average molecular weight is 360 g/mol. The summed E-state index contributed by atoms with van der Waals surface area (Å²) in [5, 5.41) is 0.970. The Balaban J connectivity index is 0.00000400. The van der Waals surface area contributed by atoms with Gasteiger partial charge in [-0.15, -0.1) is 0 Å². The zero-order valence-corrected chi connectivity index (χ0v) is 16.3. The SMILES string of the molecule is CC(C[P-]C(=O)c1c(Cl)ccc(Cl)c1Cl)CC(C)(C)C.[Li+]. The predicted molar refractivity (Wildman–Crippen MR) is 90.8 cm³/mol. The van der Waals surface area contributed by atoms with Crippen molar-refractivity contribution in [2.24, 2.45) is 11.3 Å². The maximum Gasteiger partial charge on any atom is 1.00 e. The van der Waals surface area contributed by atoms with Crippen LogP contribution in [-0.4, -0.2) is 11.7 Å². The molecule has 21 heavy (non-hydrogen) atoms. The predicted octanol–water partition coefficient (Wildman–Crippen LogP) is 3.81. The van der Waals surface area contributed by atoms with Crippen LogP contribution in [0.1, 0.15) is 44.5 Å². The van der Waals surface area contributed by atoms with Crippen molar-refractivity contribution >= 4 is 48.9 Å². The first-order valence-electron chi connectivity index (χ1n) is 6.47. The average Bonchev–Trinajstić information content (AvgIpc) is 2.30. The van der Waals surface area contributed by atoms with Gasteiger partial charge in [-0.1, -0.05) is 68.4 Å². The van der Waals surface area contributed by atoms with Crippen LogP contribution in [0.15, 0.2) is 12.1 Å². The summed E-state index contributed by atoms with van der Waals surface area (Å²) in [6.07, 6.45) is 1.87. The molecule has 0 radical (unpaired) electrons. The Morgan fingerprint density at radius 3 is 2.24 bits per heavy atom. The molecule has 1 atom stereocenters. The largest absolute Gasteiger partial charge is 1.00 e. The Bertz CT molecular complexity index is 500. The van der Waals surface area contributed by atoms with Crippen molar-refractivity contribution in [3.8, 4) is 0 Å². The third kappa shape index (κ3) is 7.26. The van der Waals surface area contributed by atoms with Gasteiger partial charge in [-0.2, -0.15) is 6.16 Å². The van der Waals surface area contributed by atoms with Crippen LogP contribution in [0.5, 0.6) is 0 Å². The molecule has 0 N–H and O–H groups in total. The van der Waals surface area contributed by atoms with Gasteiger partial charge in [0.2, 0.25) is 0 Å². The molecule has 0 aliphatic carbocycles. The van der Waals surface area contributed by atoms with Crippen LogP contribution in [0.2, 0.25) is 15.1 Å². The van der Waals surface area contributed by atoms with Gasteiger partial charge in [0.1, 0.15) is 0 Å². The van der Waals surface area contributed by atoms with Crippen molar-refractivity contribution in [2.45, 2.75) is 34.1 Å². The van der Waals surface area contributed by atoms with Crippen molar-refractivity contribution in [3.05, 3.63) is 32.8 Å². The fourth-order valence-electron chi connectivity index (χ4n) is 2.15.